The third-order valence-corrected chi connectivity index (χ3v) is 10.3. The highest BCUT2D eigenvalue weighted by Crippen LogP contribution is 2.70. The molecule has 4 bridgehead atoms. The molecule has 9 rings (SSSR count). The van der Waals surface area contributed by atoms with Crippen LogP contribution in [0.25, 0.3) is 33.0 Å². The third kappa shape index (κ3) is 2.47. The molecule has 4 saturated carbocycles. The van der Waals surface area contributed by atoms with Crippen molar-refractivity contribution in [1.82, 2.24) is 0 Å². The van der Waals surface area contributed by atoms with Crippen molar-refractivity contribution in [2.75, 3.05) is 0 Å². The number of hydrogen-bond acceptors (Lipinski definition) is 0. The van der Waals surface area contributed by atoms with Gasteiger partial charge in [0.15, 0.2) is 0 Å². The molecule has 0 radical (unpaired) electrons. The lowest BCUT2D eigenvalue weighted by atomic mass is 9.43. The monoisotopic (exact) mass is 480 g/mol. The van der Waals surface area contributed by atoms with Gasteiger partial charge in [-0.25, -0.2) is 0 Å². The summed E-state index contributed by atoms with van der Waals surface area (Å²) in [6.07, 6.45) is 6.91. The summed E-state index contributed by atoms with van der Waals surface area (Å²) in [5, 5.41) is 4.17. The fourth-order valence-corrected chi connectivity index (χ4v) is 9.48. The van der Waals surface area contributed by atoms with Gasteiger partial charge in [0.2, 0.25) is 0 Å². The Labute approximate surface area is 210 Å². The molecule has 0 atom stereocenters. The van der Waals surface area contributed by atoms with Crippen molar-refractivity contribution in [3.8, 4) is 22.3 Å². The van der Waals surface area contributed by atoms with Crippen LogP contribution in [-0.2, 0) is 5.41 Å². The van der Waals surface area contributed by atoms with Crippen LogP contribution in [-0.4, -0.2) is 0 Å². The summed E-state index contributed by atoms with van der Waals surface area (Å²) < 4.78 is 0. The van der Waals surface area contributed by atoms with Gasteiger partial charge >= 0.3 is 0 Å². The van der Waals surface area contributed by atoms with Crippen LogP contribution in [0, 0.1) is 23.7 Å². The molecule has 5 aliphatic rings. The first-order valence-corrected chi connectivity index (χ1v) is 13.5. The molecule has 0 nitrogen and oxygen atoms in total. The van der Waals surface area contributed by atoms with Crippen molar-refractivity contribution < 1.29 is 0 Å². The van der Waals surface area contributed by atoms with E-state index >= 15 is 0 Å². The summed E-state index contributed by atoms with van der Waals surface area (Å²) in [7, 11) is 0. The second kappa shape index (κ2) is 6.90. The van der Waals surface area contributed by atoms with Gasteiger partial charge in [-0.3, -0.25) is 0 Å². The molecule has 4 aromatic carbocycles. The van der Waals surface area contributed by atoms with Crippen molar-refractivity contribution >= 4 is 34.0 Å². The maximum absolute atomic E-state index is 7.01. The van der Waals surface area contributed by atoms with Gasteiger partial charge in [0.25, 0.3) is 0 Å². The second-order valence-electron chi connectivity index (χ2n) is 11.3. The first-order chi connectivity index (χ1) is 16.6. The lowest BCUT2D eigenvalue weighted by Gasteiger charge is -2.61. The minimum absolute atomic E-state index is 0.0872. The Kier molecular flexibility index (Phi) is 4.05. The predicted molar refractivity (Wildman–Crippen MR) is 143 cm³/mol. The van der Waals surface area contributed by atoms with Crippen LogP contribution in [0.5, 0.6) is 0 Å². The highest BCUT2D eigenvalue weighted by atomic mass is 35.5. The van der Waals surface area contributed by atoms with E-state index in [0.29, 0.717) is 11.8 Å². The first-order valence-electron chi connectivity index (χ1n) is 12.8. The molecule has 5 aliphatic carbocycles. The summed E-state index contributed by atoms with van der Waals surface area (Å²) in [4.78, 5) is 0. The van der Waals surface area contributed by atoms with Gasteiger partial charge in [-0.2, -0.15) is 0 Å². The zero-order valence-corrected chi connectivity index (χ0v) is 20.5. The summed E-state index contributed by atoms with van der Waals surface area (Å²) >= 11 is 13.7. The van der Waals surface area contributed by atoms with E-state index in [9.17, 15) is 0 Å². The Hall–Kier alpha value is -2.28. The quantitative estimate of drug-likeness (QED) is 0.254. The van der Waals surface area contributed by atoms with E-state index in [1.54, 1.807) is 0 Å². The van der Waals surface area contributed by atoms with Gasteiger partial charge in [0.05, 0.1) is 5.02 Å². The fraction of sp³-hybridized carbons (Fsp3) is 0.312. The Morgan fingerprint density at radius 1 is 0.647 bits per heavy atom. The first kappa shape index (κ1) is 20.0. The van der Waals surface area contributed by atoms with Crippen LogP contribution in [0.3, 0.4) is 0 Å². The summed E-state index contributed by atoms with van der Waals surface area (Å²) in [6.45, 7) is 0. The van der Waals surface area contributed by atoms with E-state index in [0.717, 1.165) is 21.9 Å². The number of benzene rings is 4. The lowest BCUT2D eigenvalue weighted by Crippen LogP contribution is -2.55. The maximum Gasteiger partial charge on any atom is 0.0502 e. The Morgan fingerprint density at radius 2 is 1.38 bits per heavy atom. The SMILES string of the molecule is Clc1cc(Cl)c2c(c1)C1(c3ccc(-c4cccc5ccccc45)cc3-2)C2CC3CC(C2)CC1C3. The van der Waals surface area contributed by atoms with E-state index < -0.39 is 0 Å². The van der Waals surface area contributed by atoms with Crippen molar-refractivity contribution in [2.45, 2.75) is 37.5 Å². The Bertz CT molecular complexity index is 1460. The van der Waals surface area contributed by atoms with E-state index in [1.165, 1.54) is 76.3 Å². The molecule has 0 unspecified atom stereocenters. The molecular weight excluding hydrogens is 455 g/mol. The fourth-order valence-electron chi connectivity index (χ4n) is 8.88. The zero-order valence-electron chi connectivity index (χ0n) is 19.0. The number of hydrogen-bond donors (Lipinski definition) is 0. The molecule has 0 N–H and O–H groups in total. The number of halogens is 2. The van der Waals surface area contributed by atoms with Gasteiger partial charge in [-0.1, -0.05) is 77.8 Å². The van der Waals surface area contributed by atoms with Gasteiger partial charge in [0.1, 0.15) is 0 Å². The smallest absolute Gasteiger partial charge is 0.0502 e. The topological polar surface area (TPSA) is 0 Å². The number of rotatable bonds is 1. The van der Waals surface area contributed by atoms with Crippen molar-refractivity contribution in [2.24, 2.45) is 23.7 Å². The van der Waals surface area contributed by atoms with E-state index in [2.05, 4.69) is 66.7 Å². The molecule has 0 saturated heterocycles. The molecule has 0 aliphatic heterocycles. The van der Waals surface area contributed by atoms with E-state index in [-0.39, 0.29) is 5.41 Å². The highest BCUT2D eigenvalue weighted by Gasteiger charge is 2.61. The van der Waals surface area contributed by atoms with E-state index in [1.807, 2.05) is 6.07 Å². The van der Waals surface area contributed by atoms with Gasteiger partial charge < -0.3 is 0 Å². The van der Waals surface area contributed by atoms with Crippen LogP contribution < -0.4 is 0 Å². The third-order valence-electron chi connectivity index (χ3n) is 9.76. The maximum atomic E-state index is 7.01. The normalized spacial score (nSPS) is 30.2. The summed E-state index contributed by atoms with van der Waals surface area (Å²) in [6, 6.07) is 26.8. The molecule has 4 aromatic rings. The molecule has 2 heteroatoms. The summed E-state index contributed by atoms with van der Waals surface area (Å²) in [5.41, 5.74) is 8.18. The van der Waals surface area contributed by atoms with E-state index in [4.69, 9.17) is 23.2 Å². The highest BCUT2D eigenvalue weighted by molar-refractivity contribution is 6.37. The second-order valence-corrected chi connectivity index (χ2v) is 12.1. The Balaban J connectivity index is 1.41. The zero-order chi connectivity index (χ0) is 22.6. The van der Waals surface area contributed by atoms with Crippen LogP contribution in [0.1, 0.15) is 43.2 Å². The van der Waals surface area contributed by atoms with Gasteiger partial charge in [-0.05, 0) is 113 Å². The van der Waals surface area contributed by atoms with Crippen molar-refractivity contribution in [3.05, 3.63) is 94.0 Å². The molecule has 0 aromatic heterocycles. The van der Waals surface area contributed by atoms with Gasteiger partial charge in [0, 0.05) is 16.0 Å². The molecule has 0 amide bonds. The molecule has 0 heterocycles. The molecule has 1 spiro atoms. The summed E-state index contributed by atoms with van der Waals surface area (Å²) in [5.74, 6) is 3.26. The molecule has 168 valence electrons. The van der Waals surface area contributed by atoms with Crippen molar-refractivity contribution in [3.63, 3.8) is 0 Å². The lowest BCUT2D eigenvalue weighted by molar-refractivity contribution is -0.0399. The molecule has 4 fully saturated rings. The van der Waals surface area contributed by atoms with Gasteiger partial charge in [-0.15, -0.1) is 0 Å². The molecule has 34 heavy (non-hydrogen) atoms. The Morgan fingerprint density at radius 3 is 2.18 bits per heavy atom. The van der Waals surface area contributed by atoms with Crippen molar-refractivity contribution in [1.29, 1.82) is 0 Å². The van der Waals surface area contributed by atoms with Crippen LogP contribution in [0.2, 0.25) is 10.0 Å². The average Bonchev–Trinajstić information content (AvgIpc) is 3.12. The average molecular weight is 481 g/mol. The minimum Gasteiger partial charge on any atom is -0.0843 e. The predicted octanol–water partition coefficient (Wildman–Crippen LogP) is 9.54. The molecular formula is C32H26Cl2. The minimum atomic E-state index is 0.0872. The van der Waals surface area contributed by atoms with Crippen LogP contribution >= 0.6 is 23.2 Å². The largest absolute Gasteiger partial charge is 0.0843 e. The van der Waals surface area contributed by atoms with Crippen LogP contribution in [0.4, 0.5) is 0 Å². The van der Waals surface area contributed by atoms with Crippen LogP contribution in [0.15, 0.2) is 72.8 Å². The standard InChI is InChI=1S/C32H26Cl2/c33-24-16-29-31(30(34)17-24)27-15-21(26-7-3-5-20-4-1-2-6-25(20)26)8-9-28(27)32(29)22-11-18-10-19(13-22)14-23(32)12-18/h1-9,15-19,22-23H,10-14H2. The number of fused-ring (bicyclic) bond motifs is 4.